The zero-order valence-corrected chi connectivity index (χ0v) is 13.6. The van der Waals surface area contributed by atoms with Crippen molar-refractivity contribution < 1.29 is 25.2 Å². The van der Waals surface area contributed by atoms with Gasteiger partial charge in [-0.25, -0.2) is 15.0 Å². The lowest BCUT2D eigenvalue weighted by atomic mass is 10.1. The molecular weight excluding hydrogens is 330 g/mol. The zero-order valence-electron chi connectivity index (χ0n) is 13.6. The number of aromatic nitrogens is 4. The van der Waals surface area contributed by atoms with Crippen LogP contribution in [0.15, 0.2) is 24.3 Å². The van der Waals surface area contributed by atoms with Gasteiger partial charge in [-0.1, -0.05) is 11.6 Å². The van der Waals surface area contributed by atoms with Crippen LogP contribution in [0.5, 0.6) is 0 Å². The number of aliphatic hydroxyl groups excluding tert-OH is 4. The summed E-state index contributed by atoms with van der Waals surface area (Å²) < 4.78 is 7.01. The van der Waals surface area contributed by atoms with Gasteiger partial charge in [-0.3, -0.25) is 4.57 Å². The summed E-state index contributed by atoms with van der Waals surface area (Å²) in [5.41, 5.74) is 1.74. The molecule has 0 unspecified atom stereocenters. The average Bonchev–Trinajstić information content (AvgIpc) is 3.17. The van der Waals surface area contributed by atoms with Crippen molar-refractivity contribution in [2.45, 2.75) is 31.5 Å². The first kappa shape index (κ1) is 17.7. The Bertz CT molecular complexity index is 764. The number of hydrogen-bond acceptors (Lipinski definition) is 9. The van der Waals surface area contributed by atoms with E-state index in [1.165, 1.54) is 17.2 Å². The molecule has 0 bridgehead atoms. The van der Waals surface area contributed by atoms with Gasteiger partial charge in [0.1, 0.15) is 24.6 Å². The van der Waals surface area contributed by atoms with Gasteiger partial charge in [0.05, 0.1) is 19.5 Å². The van der Waals surface area contributed by atoms with E-state index in [4.69, 9.17) is 9.84 Å². The molecule has 1 fully saturated rings. The molecule has 0 aromatic carbocycles. The van der Waals surface area contributed by atoms with Crippen molar-refractivity contribution in [2.24, 2.45) is 0 Å². The normalized spacial score (nSPS) is 27.2. The lowest BCUT2D eigenvalue weighted by Gasteiger charge is -2.16. The molecule has 10 heteroatoms. The Hall–Kier alpha value is -2.11. The van der Waals surface area contributed by atoms with Crippen molar-refractivity contribution in [3.05, 3.63) is 24.3 Å². The van der Waals surface area contributed by atoms with Crippen LogP contribution < -0.4 is 5.32 Å². The number of ether oxygens (including phenoxy) is 1. The molecule has 4 atom stereocenters. The van der Waals surface area contributed by atoms with Crippen LogP contribution in [0.1, 0.15) is 13.2 Å². The third kappa shape index (κ3) is 3.34. The molecule has 0 radical (unpaired) electrons. The second-order valence-electron chi connectivity index (χ2n) is 5.86. The summed E-state index contributed by atoms with van der Waals surface area (Å²) in [6.07, 6.45) is 0.443. The SMILES string of the molecule is CC(=CCNc1ncnc2c1ncn2[C@H]1O[C@@H](CO)[C@@H](O)[C@H]1O)CO. The molecule has 1 aliphatic heterocycles. The van der Waals surface area contributed by atoms with Crippen molar-refractivity contribution in [1.82, 2.24) is 19.5 Å². The maximum atomic E-state index is 10.2. The lowest BCUT2D eigenvalue weighted by Crippen LogP contribution is -2.33. The second-order valence-corrected chi connectivity index (χ2v) is 5.86. The summed E-state index contributed by atoms with van der Waals surface area (Å²) >= 11 is 0. The van der Waals surface area contributed by atoms with Crippen LogP contribution in [0.2, 0.25) is 0 Å². The van der Waals surface area contributed by atoms with Gasteiger partial charge in [0.2, 0.25) is 0 Å². The van der Waals surface area contributed by atoms with Crippen molar-refractivity contribution in [3.63, 3.8) is 0 Å². The van der Waals surface area contributed by atoms with Crippen LogP contribution in [-0.2, 0) is 4.74 Å². The fourth-order valence-electron chi connectivity index (χ4n) is 2.66. The number of hydrogen-bond donors (Lipinski definition) is 5. The van der Waals surface area contributed by atoms with E-state index in [-0.39, 0.29) is 6.61 Å². The van der Waals surface area contributed by atoms with Crippen molar-refractivity contribution in [1.29, 1.82) is 0 Å². The molecule has 0 aliphatic carbocycles. The molecule has 3 heterocycles. The van der Waals surface area contributed by atoms with Crippen LogP contribution in [0, 0.1) is 0 Å². The number of nitrogens with one attached hydrogen (secondary N) is 1. The molecule has 5 N–H and O–H groups in total. The maximum absolute atomic E-state index is 10.2. The number of nitrogens with zero attached hydrogens (tertiary/aromatic N) is 4. The van der Waals surface area contributed by atoms with E-state index < -0.39 is 31.1 Å². The highest BCUT2D eigenvalue weighted by Crippen LogP contribution is 2.31. The van der Waals surface area contributed by atoms with Crippen molar-refractivity contribution >= 4 is 17.0 Å². The lowest BCUT2D eigenvalue weighted by molar-refractivity contribution is -0.0511. The van der Waals surface area contributed by atoms with Crippen LogP contribution in [0.4, 0.5) is 5.82 Å². The number of anilines is 1. The Morgan fingerprint density at radius 1 is 1.28 bits per heavy atom. The van der Waals surface area contributed by atoms with Gasteiger partial charge >= 0.3 is 0 Å². The average molecular weight is 351 g/mol. The van der Waals surface area contributed by atoms with Gasteiger partial charge in [0.15, 0.2) is 23.2 Å². The van der Waals surface area contributed by atoms with Gasteiger partial charge in [-0.2, -0.15) is 0 Å². The largest absolute Gasteiger partial charge is 0.394 e. The number of aliphatic hydroxyl groups is 4. The summed E-state index contributed by atoms with van der Waals surface area (Å²) in [6, 6.07) is 0. The van der Waals surface area contributed by atoms with E-state index in [0.29, 0.717) is 23.5 Å². The fraction of sp³-hybridized carbons (Fsp3) is 0.533. The Kier molecular flexibility index (Phi) is 5.25. The molecule has 10 nitrogen and oxygen atoms in total. The minimum absolute atomic E-state index is 0.0131. The van der Waals surface area contributed by atoms with Gasteiger partial charge in [0.25, 0.3) is 0 Å². The third-order valence-corrected chi connectivity index (χ3v) is 4.12. The van der Waals surface area contributed by atoms with Crippen LogP contribution >= 0.6 is 0 Å². The molecule has 1 aliphatic rings. The number of imidazole rings is 1. The molecule has 0 spiro atoms. The summed E-state index contributed by atoms with van der Waals surface area (Å²) in [6.45, 7) is 1.85. The van der Waals surface area contributed by atoms with Crippen LogP contribution in [-0.4, -0.2) is 78.0 Å². The zero-order chi connectivity index (χ0) is 18.0. The monoisotopic (exact) mass is 351 g/mol. The predicted molar refractivity (Wildman–Crippen MR) is 87.7 cm³/mol. The Labute approximate surface area is 143 Å². The molecule has 136 valence electrons. The summed E-state index contributed by atoms with van der Waals surface area (Å²) in [4.78, 5) is 12.6. The standard InChI is InChI=1S/C15H21N5O5/c1-8(4-21)2-3-16-13-10-14(18-6-17-13)20(7-19-10)15-12(24)11(23)9(5-22)25-15/h2,6-7,9,11-12,15,21-24H,3-5H2,1H3,(H,16,17,18)/t9-,11+,12+,15-/m0/s1. The maximum Gasteiger partial charge on any atom is 0.167 e. The first-order chi connectivity index (χ1) is 12.1. The first-order valence-electron chi connectivity index (χ1n) is 7.87. The highest BCUT2D eigenvalue weighted by molar-refractivity contribution is 5.82. The first-order valence-corrected chi connectivity index (χ1v) is 7.87. The van der Waals surface area contributed by atoms with E-state index >= 15 is 0 Å². The minimum atomic E-state index is -1.21. The van der Waals surface area contributed by atoms with Crippen LogP contribution in [0.25, 0.3) is 11.2 Å². The Balaban J connectivity index is 1.86. The van der Waals surface area contributed by atoms with Gasteiger partial charge in [0, 0.05) is 6.54 Å². The van der Waals surface area contributed by atoms with E-state index in [1.807, 2.05) is 13.0 Å². The summed E-state index contributed by atoms with van der Waals surface area (Å²) in [7, 11) is 0. The molecule has 3 rings (SSSR count). The summed E-state index contributed by atoms with van der Waals surface area (Å²) in [5.74, 6) is 0.498. The van der Waals surface area contributed by atoms with Crippen LogP contribution in [0.3, 0.4) is 0 Å². The molecule has 1 saturated heterocycles. The van der Waals surface area contributed by atoms with E-state index in [2.05, 4.69) is 20.3 Å². The smallest absolute Gasteiger partial charge is 0.167 e. The van der Waals surface area contributed by atoms with E-state index in [0.717, 1.165) is 5.57 Å². The van der Waals surface area contributed by atoms with Crippen molar-refractivity contribution in [3.8, 4) is 0 Å². The topological polar surface area (TPSA) is 146 Å². The number of rotatable bonds is 6. The van der Waals surface area contributed by atoms with Crippen molar-refractivity contribution in [2.75, 3.05) is 25.1 Å². The quantitative estimate of drug-likeness (QED) is 0.404. The Morgan fingerprint density at radius 2 is 2.08 bits per heavy atom. The molecule has 2 aromatic rings. The predicted octanol–water partition coefficient (Wildman–Crippen LogP) is -1.21. The highest BCUT2D eigenvalue weighted by atomic mass is 16.6. The van der Waals surface area contributed by atoms with Gasteiger partial charge in [-0.05, 0) is 6.92 Å². The van der Waals surface area contributed by atoms with E-state index in [9.17, 15) is 15.3 Å². The molecule has 25 heavy (non-hydrogen) atoms. The fourth-order valence-corrected chi connectivity index (χ4v) is 2.66. The molecule has 0 amide bonds. The highest BCUT2D eigenvalue weighted by Gasteiger charge is 2.44. The summed E-state index contributed by atoms with van der Waals surface area (Å²) in [5, 5.41) is 41.4. The Morgan fingerprint density at radius 3 is 2.76 bits per heavy atom. The molecular formula is C15H21N5O5. The van der Waals surface area contributed by atoms with E-state index in [1.54, 1.807) is 0 Å². The molecule has 2 aromatic heterocycles. The molecule has 0 saturated carbocycles. The third-order valence-electron chi connectivity index (χ3n) is 4.12. The van der Waals surface area contributed by atoms with Gasteiger partial charge in [-0.15, -0.1) is 0 Å². The van der Waals surface area contributed by atoms with Gasteiger partial charge < -0.3 is 30.5 Å². The number of fused-ring (bicyclic) bond motifs is 1. The second kappa shape index (κ2) is 7.42. The minimum Gasteiger partial charge on any atom is -0.394 e.